The molecule has 1 fully saturated rings. The van der Waals surface area contributed by atoms with Crippen molar-refractivity contribution in [3.63, 3.8) is 0 Å². The Bertz CT molecular complexity index is 392. The summed E-state index contributed by atoms with van der Waals surface area (Å²) in [6.07, 6.45) is 3.70. The van der Waals surface area contributed by atoms with Gasteiger partial charge in [-0.1, -0.05) is 42.6 Å². The molecule has 1 aliphatic rings. The Labute approximate surface area is 106 Å². The molecule has 0 aromatic heterocycles. The van der Waals surface area contributed by atoms with Crippen LogP contribution in [0.5, 0.6) is 0 Å². The smallest absolute Gasteiger partial charge is 0.0713 e. The third kappa shape index (κ3) is 2.37. The largest absolute Gasteiger partial charge is 0.389 e. The van der Waals surface area contributed by atoms with Gasteiger partial charge in [-0.2, -0.15) is 0 Å². The maximum atomic E-state index is 10.5. The lowest BCUT2D eigenvalue weighted by Crippen LogP contribution is -2.34. The van der Waals surface area contributed by atoms with Crippen LogP contribution in [0.2, 0.25) is 10.0 Å². The molecule has 0 spiro atoms. The van der Waals surface area contributed by atoms with E-state index < -0.39 is 5.60 Å². The second kappa shape index (κ2) is 4.56. The van der Waals surface area contributed by atoms with Gasteiger partial charge < -0.3 is 5.11 Å². The van der Waals surface area contributed by atoms with E-state index in [9.17, 15) is 5.11 Å². The first kappa shape index (κ1) is 12.2. The first-order valence-corrected chi connectivity index (χ1v) is 6.43. The third-order valence-electron chi connectivity index (χ3n) is 3.68. The summed E-state index contributed by atoms with van der Waals surface area (Å²) in [5.41, 5.74) is 0.402. The van der Waals surface area contributed by atoms with E-state index in [2.05, 4.69) is 6.92 Å². The van der Waals surface area contributed by atoms with Crippen LogP contribution in [0.4, 0.5) is 0 Å². The second-order valence-electron chi connectivity index (χ2n) is 4.81. The fraction of sp³-hybridized carbons (Fsp3) is 0.538. The Morgan fingerprint density at radius 2 is 2.19 bits per heavy atom. The zero-order valence-corrected chi connectivity index (χ0v) is 10.9. The molecule has 2 atom stereocenters. The van der Waals surface area contributed by atoms with E-state index in [1.165, 1.54) is 0 Å². The highest BCUT2D eigenvalue weighted by atomic mass is 35.5. The minimum atomic E-state index is -0.586. The van der Waals surface area contributed by atoms with E-state index in [1.54, 1.807) is 6.07 Å². The molecule has 88 valence electrons. The van der Waals surface area contributed by atoms with E-state index >= 15 is 0 Å². The highest BCUT2D eigenvalue weighted by Crippen LogP contribution is 2.39. The number of rotatable bonds is 2. The third-order valence-corrected chi connectivity index (χ3v) is 4.26. The SMILES string of the molecule is CC1CCCC1(O)Cc1ccc(Cl)cc1Cl. The van der Waals surface area contributed by atoms with Crippen LogP contribution >= 0.6 is 23.2 Å². The molecule has 0 heterocycles. The molecule has 3 heteroatoms. The highest BCUT2D eigenvalue weighted by Gasteiger charge is 2.38. The van der Waals surface area contributed by atoms with Crippen molar-refractivity contribution in [2.75, 3.05) is 0 Å². The molecule has 1 aromatic rings. The topological polar surface area (TPSA) is 20.2 Å². The van der Waals surface area contributed by atoms with Gasteiger partial charge in [-0.15, -0.1) is 0 Å². The Morgan fingerprint density at radius 1 is 1.44 bits per heavy atom. The van der Waals surface area contributed by atoms with Crippen LogP contribution in [0.1, 0.15) is 31.7 Å². The first-order valence-electron chi connectivity index (χ1n) is 5.67. The predicted octanol–water partition coefficient (Wildman–Crippen LogP) is 4.09. The molecule has 16 heavy (non-hydrogen) atoms. The second-order valence-corrected chi connectivity index (χ2v) is 5.65. The van der Waals surface area contributed by atoms with Gasteiger partial charge in [0.1, 0.15) is 0 Å². The average molecular weight is 259 g/mol. The number of benzene rings is 1. The maximum Gasteiger partial charge on any atom is 0.0713 e. The maximum absolute atomic E-state index is 10.5. The fourth-order valence-corrected chi connectivity index (χ4v) is 2.96. The van der Waals surface area contributed by atoms with Gasteiger partial charge in [-0.05, 0) is 36.5 Å². The van der Waals surface area contributed by atoms with Crippen molar-refractivity contribution in [1.29, 1.82) is 0 Å². The van der Waals surface area contributed by atoms with Crippen LogP contribution < -0.4 is 0 Å². The van der Waals surface area contributed by atoms with E-state index in [-0.39, 0.29) is 0 Å². The summed E-state index contributed by atoms with van der Waals surface area (Å²) in [7, 11) is 0. The zero-order valence-electron chi connectivity index (χ0n) is 9.34. The molecule has 0 aliphatic heterocycles. The average Bonchev–Trinajstić information content (AvgIpc) is 2.52. The van der Waals surface area contributed by atoms with Gasteiger partial charge >= 0.3 is 0 Å². The van der Waals surface area contributed by atoms with Gasteiger partial charge in [0.2, 0.25) is 0 Å². The van der Waals surface area contributed by atoms with Crippen molar-refractivity contribution in [3.8, 4) is 0 Å². The van der Waals surface area contributed by atoms with Crippen molar-refractivity contribution in [2.45, 2.75) is 38.2 Å². The molecule has 2 unspecified atom stereocenters. The quantitative estimate of drug-likeness (QED) is 0.848. The minimum absolute atomic E-state index is 0.347. The Balaban J connectivity index is 2.20. The first-order chi connectivity index (χ1) is 7.51. The molecule has 1 aromatic carbocycles. The monoisotopic (exact) mass is 258 g/mol. The van der Waals surface area contributed by atoms with Crippen LogP contribution in [-0.4, -0.2) is 10.7 Å². The standard InChI is InChI=1S/C13H16Cl2O/c1-9-3-2-6-13(9,16)8-10-4-5-11(14)7-12(10)15/h4-5,7,9,16H,2-3,6,8H2,1H3. The van der Waals surface area contributed by atoms with Gasteiger partial charge in [0.25, 0.3) is 0 Å². The van der Waals surface area contributed by atoms with Crippen molar-refractivity contribution in [3.05, 3.63) is 33.8 Å². The number of halogens is 2. The minimum Gasteiger partial charge on any atom is -0.389 e. The van der Waals surface area contributed by atoms with Gasteiger partial charge in [0.05, 0.1) is 5.60 Å². The van der Waals surface area contributed by atoms with Crippen LogP contribution in [0.25, 0.3) is 0 Å². The Hall–Kier alpha value is -0.240. The number of hydrogen-bond donors (Lipinski definition) is 1. The molecular formula is C13H16Cl2O. The molecule has 2 rings (SSSR count). The molecule has 1 aliphatic carbocycles. The molecule has 0 saturated heterocycles. The van der Waals surface area contributed by atoms with E-state index in [1.807, 2.05) is 12.1 Å². The lowest BCUT2D eigenvalue weighted by atomic mass is 9.86. The van der Waals surface area contributed by atoms with Crippen molar-refractivity contribution >= 4 is 23.2 Å². The van der Waals surface area contributed by atoms with Crippen LogP contribution in [0.3, 0.4) is 0 Å². The zero-order chi connectivity index (χ0) is 11.8. The summed E-state index contributed by atoms with van der Waals surface area (Å²) in [5, 5.41) is 11.8. The summed E-state index contributed by atoms with van der Waals surface area (Å²) in [5.74, 6) is 0.347. The summed E-state index contributed by atoms with van der Waals surface area (Å²) in [6.45, 7) is 2.11. The van der Waals surface area contributed by atoms with Crippen molar-refractivity contribution in [2.24, 2.45) is 5.92 Å². The molecule has 0 bridgehead atoms. The normalized spacial score (nSPS) is 29.6. The molecule has 1 N–H and O–H groups in total. The lowest BCUT2D eigenvalue weighted by Gasteiger charge is -2.28. The highest BCUT2D eigenvalue weighted by molar-refractivity contribution is 6.35. The Kier molecular flexibility index (Phi) is 3.48. The van der Waals surface area contributed by atoms with Gasteiger partial charge in [-0.3, -0.25) is 0 Å². The van der Waals surface area contributed by atoms with Gasteiger partial charge in [0, 0.05) is 16.5 Å². The summed E-state index contributed by atoms with van der Waals surface area (Å²) >= 11 is 12.0. The van der Waals surface area contributed by atoms with E-state index in [0.717, 1.165) is 24.8 Å². The summed E-state index contributed by atoms with van der Waals surface area (Å²) in [6, 6.07) is 5.47. The van der Waals surface area contributed by atoms with Gasteiger partial charge in [0.15, 0.2) is 0 Å². The summed E-state index contributed by atoms with van der Waals surface area (Å²) < 4.78 is 0. The fourth-order valence-electron chi connectivity index (χ4n) is 2.49. The van der Waals surface area contributed by atoms with Crippen LogP contribution in [0.15, 0.2) is 18.2 Å². The van der Waals surface area contributed by atoms with E-state index in [4.69, 9.17) is 23.2 Å². The molecule has 1 nitrogen and oxygen atoms in total. The summed E-state index contributed by atoms with van der Waals surface area (Å²) in [4.78, 5) is 0. The van der Waals surface area contributed by atoms with Crippen molar-refractivity contribution < 1.29 is 5.11 Å². The number of hydrogen-bond acceptors (Lipinski definition) is 1. The predicted molar refractivity (Wildman–Crippen MR) is 68.1 cm³/mol. The molecule has 0 radical (unpaired) electrons. The van der Waals surface area contributed by atoms with Gasteiger partial charge in [-0.25, -0.2) is 0 Å². The Morgan fingerprint density at radius 3 is 2.75 bits per heavy atom. The van der Waals surface area contributed by atoms with E-state index in [0.29, 0.717) is 22.4 Å². The van der Waals surface area contributed by atoms with Crippen LogP contribution in [0, 0.1) is 5.92 Å². The van der Waals surface area contributed by atoms with Crippen molar-refractivity contribution in [1.82, 2.24) is 0 Å². The molecular weight excluding hydrogens is 243 g/mol. The van der Waals surface area contributed by atoms with Crippen LogP contribution in [-0.2, 0) is 6.42 Å². The molecule has 0 amide bonds. The number of aliphatic hydroxyl groups is 1. The molecule has 1 saturated carbocycles. The lowest BCUT2D eigenvalue weighted by molar-refractivity contribution is 0.00961.